The molecule has 24 heavy (non-hydrogen) atoms. The lowest BCUT2D eigenvalue weighted by Gasteiger charge is -2.41. The maximum Gasteiger partial charge on any atom is 0.336 e. The Balaban J connectivity index is 1.77. The number of carboxylic acid groups (broad SMARTS) is 1. The van der Waals surface area contributed by atoms with Crippen molar-refractivity contribution in [3.8, 4) is 0 Å². The minimum atomic E-state index is -1.14. The molecule has 1 aliphatic heterocycles. The van der Waals surface area contributed by atoms with E-state index in [-0.39, 0.29) is 40.7 Å². The highest BCUT2D eigenvalue weighted by molar-refractivity contribution is 9.10. The van der Waals surface area contributed by atoms with Crippen molar-refractivity contribution in [2.75, 3.05) is 4.90 Å². The average Bonchev–Trinajstić information content (AvgIpc) is 2.81. The number of amides is 2. The number of carbonyl (C=O) groups excluding carboxylic acids is 3. The summed E-state index contributed by atoms with van der Waals surface area (Å²) in [5, 5.41) is 9.24. The van der Waals surface area contributed by atoms with Gasteiger partial charge < -0.3 is 5.11 Å². The van der Waals surface area contributed by atoms with Crippen molar-refractivity contribution in [3.05, 3.63) is 28.2 Å². The number of Topliss-reactive ketones (excluding diaryl/α,β-unsaturated/α-hetero) is 1. The third kappa shape index (κ3) is 2.00. The number of hydrogen-bond donors (Lipinski definition) is 1. The lowest BCUT2D eigenvalue weighted by atomic mass is 9.59. The van der Waals surface area contributed by atoms with E-state index in [0.29, 0.717) is 17.3 Å². The SMILES string of the molecule is O=C(O)c1cc(N2C(=O)C3C4CCC(C(=O)C4)C3C2=O)ccc1Br. The fourth-order valence-corrected chi connectivity index (χ4v) is 4.87. The van der Waals surface area contributed by atoms with Crippen LogP contribution in [0.1, 0.15) is 29.6 Å². The van der Waals surface area contributed by atoms with E-state index in [0.717, 1.165) is 11.3 Å². The number of imide groups is 1. The summed E-state index contributed by atoms with van der Waals surface area (Å²) in [6.45, 7) is 0. The molecule has 0 radical (unpaired) electrons. The Morgan fingerprint density at radius 2 is 1.83 bits per heavy atom. The number of aromatic carboxylic acids is 1. The zero-order valence-corrected chi connectivity index (χ0v) is 14.2. The van der Waals surface area contributed by atoms with Crippen molar-refractivity contribution in [2.24, 2.45) is 23.7 Å². The van der Waals surface area contributed by atoms with Crippen LogP contribution in [0.25, 0.3) is 0 Å². The number of anilines is 1. The molecule has 1 saturated heterocycles. The van der Waals surface area contributed by atoms with E-state index in [2.05, 4.69) is 15.9 Å². The lowest BCUT2D eigenvalue weighted by Crippen LogP contribution is -2.46. The van der Waals surface area contributed by atoms with E-state index in [1.165, 1.54) is 12.1 Å². The molecule has 5 rings (SSSR count). The molecule has 1 N–H and O–H groups in total. The quantitative estimate of drug-likeness (QED) is 0.780. The normalized spacial score (nSPS) is 31.5. The Morgan fingerprint density at radius 1 is 1.12 bits per heavy atom. The van der Waals surface area contributed by atoms with Crippen LogP contribution in [-0.4, -0.2) is 28.7 Å². The van der Waals surface area contributed by atoms with Crippen LogP contribution < -0.4 is 4.90 Å². The maximum absolute atomic E-state index is 12.8. The fraction of sp³-hybridized carbons (Fsp3) is 0.412. The topological polar surface area (TPSA) is 91.8 Å². The highest BCUT2D eigenvalue weighted by Crippen LogP contribution is 2.52. The molecule has 4 unspecified atom stereocenters. The molecule has 1 aromatic carbocycles. The van der Waals surface area contributed by atoms with Crippen molar-refractivity contribution in [1.29, 1.82) is 0 Å². The number of nitrogens with zero attached hydrogens (tertiary/aromatic N) is 1. The van der Waals surface area contributed by atoms with Crippen molar-refractivity contribution in [2.45, 2.75) is 19.3 Å². The number of benzene rings is 1. The minimum Gasteiger partial charge on any atom is -0.478 e. The van der Waals surface area contributed by atoms with Gasteiger partial charge in [-0.15, -0.1) is 0 Å². The van der Waals surface area contributed by atoms with Crippen LogP contribution >= 0.6 is 15.9 Å². The third-order valence-corrected chi connectivity index (χ3v) is 6.19. The van der Waals surface area contributed by atoms with Crippen LogP contribution in [0.4, 0.5) is 5.69 Å². The van der Waals surface area contributed by atoms with E-state index in [9.17, 15) is 24.3 Å². The predicted molar refractivity (Wildman–Crippen MR) is 86.4 cm³/mol. The van der Waals surface area contributed by atoms with Gasteiger partial charge in [-0.25, -0.2) is 9.69 Å². The van der Waals surface area contributed by atoms with E-state index < -0.39 is 17.8 Å². The summed E-state index contributed by atoms with van der Waals surface area (Å²) in [5.41, 5.74) is 0.244. The monoisotopic (exact) mass is 391 g/mol. The Labute approximate surface area is 145 Å². The molecule has 0 aromatic heterocycles. The Bertz CT molecular complexity index is 804. The molecule has 2 amide bonds. The van der Waals surface area contributed by atoms with Crippen LogP contribution in [0.2, 0.25) is 0 Å². The molecule has 3 saturated carbocycles. The van der Waals surface area contributed by atoms with Gasteiger partial charge in [0.05, 0.1) is 23.1 Å². The minimum absolute atomic E-state index is 0.0120. The summed E-state index contributed by atoms with van der Waals surface area (Å²) in [6.07, 6.45) is 1.84. The maximum atomic E-state index is 12.8. The number of hydrogen-bond acceptors (Lipinski definition) is 4. The second-order valence-corrected chi connectivity index (χ2v) is 7.50. The zero-order valence-electron chi connectivity index (χ0n) is 12.6. The smallest absolute Gasteiger partial charge is 0.336 e. The third-order valence-electron chi connectivity index (χ3n) is 5.50. The molecule has 1 heterocycles. The summed E-state index contributed by atoms with van der Waals surface area (Å²) in [6, 6.07) is 4.39. The molecule has 2 bridgehead atoms. The molecule has 0 spiro atoms. The molecule has 124 valence electrons. The number of halogens is 1. The molecule has 1 aromatic rings. The molecule has 6 nitrogen and oxygen atoms in total. The fourth-order valence-electron chi connectivity index (χ4n) is 4.45. The van der Waals surface area contributed by atoms with Gasteiger partial charge >= 0.3 is 5.97 Å². The summed E-state index contributed by atoms with van der Waals surface area (Å²) in [7, 11) is 0. The zero-order chi connectivity index (χ0) is 17.2. The first-order valence-electron chi connectivity index (χ1n) is 7.83. The Kier molecular flexibility index (Phi) is 3.38. The molecule has 4 atom stereocenters. The van der Waals surface area contributed by atoms with Gasteiger partial charge in [-0.05, 0) is 52.9 Å². The molecule has 4 fully saturated rings. The van der Waals surface area contributed by atoms with Gasteiger partial charge in [-0.2, -0.15) is 0 Å². The van der Waals surface area contributed by atoms with Crippen LogP contribution in [-0.2, 0) is 14.4 Å². The van der Waals surface area contributed by atoms with Gasteiger partial charge in [0, 0.05) is 16.8 Å². The summed E-state index contributed by atoms with van der Waals surface area (Å²) in [4.78, 5) is 50.2. The van der Waals surface area contributed by atoms with E-state index >= 15 is 0 Å². The highest BCUT2D eigenvalue weighted by atomic mass is 79.9. The van der Waals surface area contributed by atoms with Gasteiger partial charge in [0.2, 0.25) is 11.8 Å². The van der Waals surface area contributed by atoms with Crippen molar-refractivity contribution >= 4 is 45.2 Å². The summed E-state index contributed by atoms with van der Waals surface area (Å²) in [5.74, 6) is -3.18. The van der Waals surface area contributed by atoms with E-state index in [1.807, 2.05) is 0 Å². The first-order valence-corrected chi connectivity index (χ1v) is 8.63. The standard InChI is InChI=1S/C17H14BrNO5/c18-11-4-2-8(6-10(11)17(23)24)19-15(21)13-7-1-3-9(12(20)5-7)14(13)16(19)22/h2,4,6-7,9,13-14H,1,3,5H2,(H,23,24). The van der Waals surface area contributed by atoms with Crippen molar-refractivity contribution in [1.82, 2.24) is 0 Å². The summed E-state index contributed by atoms with van der Waals surface area (Å²) < 4.78 is 0.380. The number of ketones is 1. The second-order valence-electron chi connectivity index (χ2n) is 6.65. The van der Waals surface area contributed by atoms with Crippen LogP contribution in [0.5, 0.6) is 0 Å². The van der Waals surface area contributed by atoms with Gasteiger partial charge in [0.15, 0.2) is 0 Å². The number of rotatable bonds is 2. The lowest BCUT2D eigenvalue weighted by molar-refractivity contribution is -0.143. The molecular weight excluding hydrogens is 378 g/mol. The summed E-state index contributed by atoms with van der Waals surface area (Å²) >= 11 is 3.15. The van der Waals surface area contributed by atoms with E-state index in [1.54, 1.807) is 6.07 Å². The number of fused-ring (bicyclic) bond motifs is 2. The van der Waals surface area contributed by atoms with Crippen LogP contribution in [0, 0.1) is 23.7 Å². The van der Waals surface area contributed by atoms with Gasteiger partial charge in [0.1, 0.15) is 5.78 Å². The van der Waals surface area contributed by atoms with Crippen molar-refractivity contribution < 1.29 is 24.3 Å². The Morgan fingerprint density at radius 3 is 2.50 bits per heavy atom. The van der Waals surface area contributed by atoms with Gasteiger partial charge in [0.25, 0.3) is 0 Å². The largest absolute Gasteiger partial charge is 0.478 e. The molecule has 4 aliphatic rings. The second kappa shape index (κ2) is 5.24. The molecule has 7 heteroatoms. The molecular formula is C17H14BrNO5. The number of carbonyl (C=O) groups is 4. The first kappa shape index (κ1) is 15.5. The predicted octanol–water partition coefficient (Wildman–Crippen LogP) is 2.25. The molecule has 3 aliphatic carbocycles. The van der Waals surface area contributed by atoms with Crippen LogP contribution in [0.3, 0.4) is 0 Å². The van der Waals surface area contributed by atoms with Crippen molar-refractivity contribution in [3.63, 3.8) is 0 Å². The average molecular weight is 392 g/mol. The number of carboxylic acids is 1. The van der Waals surface area contributed by atoms with Crippen LogP contribution in [0.15, 0.2) is 22.7 Å². The highest BCUT2D eigenvalue weighted by Gasteiger charge is 2.60. The van der Waals surface area contributed by atoms with Gasteiger partial charge in [-0.1, -0.05) is 0 Å². The van der Waals surface area contributed by atoms with Gasteiger partial charge in [-0.3, -0.25) is 14.4 Å². The Hall–Kier alpha value is -2.02. The first-order chi connectivity index (χ1) is 11.4. The van der Waals surface area contributed by atoms with E-state index in [4.69, 9.17) is 0 Å².